The monoisotopic (exact) mass is 180 g/mol. The molecule has 0 aromatic rings. The van der Waals surface area contributed by atoms with Crippen LogP contribution in [0.25, 0.3) is 0 Å². The van der Waals surface area contributed by atoms with Gasteiger partial charge in [-0.15, -0.1) is 6.42 Å². The first kappa shape index (κ1) is 10.1. The van der Waals surface area contributed by atoms with E-state index in [2.05, 4.69) is 16.6 Å². The van der Waals surface area contributed by atoms with Crippen molar-refractivity contribution in [3.8, 4) is 12.3 Å². The first-order valence-electron chi connectivity index (χ1n) is 4.76. The number of amides is 1. The SMILES string of the molecule is C#CCC(=O)NCC1CCCCN1. The summed E-state index contributed by atoms with van der Waals surface area (Å²) in [4.78, 5) is 11.0. The molecule has 3 nitrogen and oxygen atoms in total. The van der Waals surface area contributed by atoms with Crippen molar-refractivity contribution in [2.24, 2.45) is 0 Å². The molecule has 1 heterocycles. The lowest BCUT2D eigenvalue weighted by atomic mass is 10.1. The van der Waals surface area contributed by atoms with Crippen molar-refractivity contribution in [2.45, 2.75) is 31.7 Å². The molecule has 0 radical (unpaired) electrons. The van der Waals surface area contributed by atoms with Crippen LogP contribution in [-0.4, -0.2) is 25.0 Å². The van der Waals surface area contributed by atoms with E-state index in [-0.39, 0.29) is 12.3 Å². The third-order valence-electron chi connectivity index (χ3n) is 2.22. The van der Waals surface area contributed by atoms with Crippen LogP contribution in [0.3, 0.4) is 0 Å². The first-order chi connectivity index (χ1) is 6.33. The molecule has 1 fully saturated rings. The number of hydrogen-bond donors (Lipinski definition) is 2. The fourth-order valence-electron chi connectivity index (χ4n) is 1.49. The van der Waals surface area contributed by atoms with Gasteiger partial charge < -0.3 is 10.6 Å². The Kier molecular flexibility index (Phi) is 4.34. The van der Waals surface area contributed by atoms with Gasteiger partial charge in [0, 0.05) is 12.6 Å². The van der Waals surface area contributed by atoms with Gasteiger partial charge in [-0.3, -0.25) is 4.79 Å². The zero-order chi connectivity index (χ0) is 9.52. The van der Waals surface area contributed by atoms with Gasteiger partial charge in [0.15, 0.2) is 0 Å². The van der Waals surface area contributed by atoms with Crippen LogP contribution in [0.2, 0.25) is 0 Å². The van der Waals surface area contributed by atoms with Gasteiger partial charge >= 0.3 is 0 Å². The van der Waals surface area contributed by atoms with Crippen LogP contribution in [0.4, 0.5) is 0 Å². The Balaban J connectivity index is 2.10. The Labute approximate surface area is 79.3 Å². The maximum Gasteiger partial charge on any atom is 0.232 e. The number of hydrogen-bond acceptors (Lipinski definition) is 2. The summed E-state index contributed by atoms with van der Waals surface area (Å²) < 4.78 is 0. The molecular weight excluding hydrogens is 164 g/mol. The summed E-state index contributed by atoms with van der Waals surface area (Å²) in [7, 11) is 0. The van der Waals surface area contributed by atoms with Crippen molar-refractivity contribution in [2.75, 3.05) is 13.1 Å². The average Bonchev–Trinajstić information content (AvgIpc) is 2.17. The molecule has 72 valence electrons. The van der Waals surface area contributed by atoms with E-state index in [1.54, 1.807) is 0 Å². The predicted octanol–water partition coefficient (Wildman–Crippen LogP) is 0.268. The Bertz CT molecular complexity index is 201. The summed E-state index contributed by atoms with van der Waals surface area (Å²) in [6.07, 6.45) is 8.85. The van der Waals surface area contributed by atoms with Crippen LogP contribution in [-0.2, 0) is 4.79 Å². The maximum absolute atomic E-state index is 11.0. The molecule has 0 bridgehead atoms. The molecule has 0 spiro atoms. The summed E-state index contributed by atoms with van der Waals surface area (Å²) in [5, 5.41) is 6.16. The van der Waals surface area contributed by atoms with Crippen LogP contribution < -0.4 is 10.6 Å². The minimum Gasteiger partial charge on any atom is -0.354 e. The summed E-state index contributed by atoms with van der Waals surface area (Å²) in [5.74, 6) is 2.28. The van der Waals surface area contributed by atoms with Gasteiger partial charge in [-0.05, 0) is 19.4 Å². The van der Waals surface area contributed by atoms with Gasteiger partial charge in [-0.25, -0.2) is 0 Å². The second-order valence-corrected chi connectivity index (χ2v) is 3.33. The van der Waals surface area contributed by atoms with E-state index in [9.17, 15) is 4.79 Å². The number of piperidine rings is 1. The molecule has 1 atom stereocenters. The van der Waals surface area contributed by atoms with Gasteiger partial charge in [0.1, 0.15) is 0 Å². The highest BCUT2D eigenvalue weighted by molar-refractivity contribution is 5.78. The summed E-state index contributed by atoms with van der Waals surface area (Å²) in [6, 6.07) is 0.440. The zero-order valence-electron chi connectivity index (χ0n) is 7.81. The minimum absolute atomic E-state index is 0.0464. The van der Waals surface area contributed by atoms with E-state index >= 15 is 0 Å². The standard InChI is InChI=1S/C10H16N2O/c1-2-5-10(13)12-8-9-6-3-4-7-11-9/h1,9,11H,3-8H2,(H,12,13). The van der Waals surface area contributed by atoms with Crippen LogP contribution in [0, 0.1) is 12.3 Å². The molecule has 0 saturated carbocycles. The molecule has 1 saturated heterocycles. The molecule has 13 heavy (non-hydrogen) atoms. The van der Waals surface area contributed by atoms with Crippen LogP contribution in [0.5, 0.6) is 0 Å². The summed E-state index contributed by atoms with van der Waals surface area (Å²) in [6.45, 7) is 1.77. The van der Waals surface area contributed by atoms with Gasteiger partial charge in [0.2, 0.25) is 5.91 Å². The van der Waals surface area contributed by atoms with Gasteiger partial charge in [0.05, 0.1) is 6.42 Å². The molecule has 3 heteroatoms. The van der Waals surface area contributed by atoms with Crippen molar-refractivity contribution in [3.05, 3.63) is 0 Å². The zero-order valence-corrected chi connectivity index (χ0v) is 7.81. The molecule has 1 rings (SSSR count). The largest absolute Gasteiger partial charge is 0.354 e. The number of rotatable bonds is 3. The van der Waals surface area contributed by atoms with Crippen LogP contribution >= 0.6 is 0 Å². The Morgan fingerprint density at radius 1 is 1.62 bits per heavy atom. The third-order valence-corrected chi connectivity index (χ3v) is 2.22. The molecule has 0 aromatic heterocycles. The number of carbonyl (C=O) groups excluding carboxylic acids is 1. The Hall–Kier alpha value is -1.01. The average molecular weight is 180 g/mol. The molecular formula is C10H16N2O. The molecule has 2 N–H and O–H groups in total. The minimum atomic E-state index is -0.0464. The smallest absolute Gasteiger partial charge is 0.232 e. The van der Waals surface area contributed by atoms with E-state index in [4.69, 9.17) is 6.42 Å². The summed E-state index contributed by atoms with van der Waals surface area (Å²) in [5.41, 5.74) is 0. The lowest BCUT2D eigenvalue weighted by Gasteiger charge is -2.23. The molecule has 1 aliphatic rings. The van der Waals surface area contributed by atoms with E-state index in [0.717, 1.165) is 13.0 Å². The second-order valence-electron chi connectivity index (χ2n) is 3.33. The van der Waals surface area contributed by atoms with Gasteiger partial charge in [-0.1, -0.05) is 12.3 Å². The molecule has 1 unspecified atom stereocenters. The lowest BCUT2D eigenvalue weighted by Crippen LogP contribution is -2.43. The molecule has 0 aromatic carbocycles. The number of terminal acetylenes is 1. The third kappa shape index (κ3) is 3.95. The van der Waals surface area contributed by atoms with Crippen LogP contribution in [0.15, 0.2) is 0 Å². The molecule has 1 aliphatic heterocycles. The fraction of sp³-hybridized carbons (Fsp3) is 0.700. The van der Waals surface area contributed by atoms with Crippen LogP contribution in [0.1, 0.15) is 25.7 Å². The van der Waals surface area contributed by atoms with E-state index in [1.807, 2.05) is 0 Å². The highest BCUT2D eigenvalue weighted by Crippen LogP contribution is 2.05. The Morgan fingerprint density at radius 2 is 2.46 bits per heavy atom. The van der Waals surface area contributed by atoms with Gasteiger partial charge in [-0.2, -0.15) is 0 Å². The van der Waals surface area contributed by atoms with Crippen molar-refractivity contribution in [1.29, 1.82) is 0 Å². The maximum atomic E-state index is 11.0. The summed E-state index contributed by atoms with van der Waals surface area (Å²) >= 11 is 0. The quantitative estimate of drug-likeness (QED) is 0.612. The highest BCUT2D eigenvalue weighted by Gasteiger charge is 2.12. The van der Waals surface area contributed by atoms with E-state index < -0.39 is 0 Å². The van der Waals surface area contributed by atoms with Crippen molar-refractivity contribution in [3.63, 3.8) is 0 Å². The molecule has 1 amide bonds. The van der Waals surface area contributed by atoms with E-state index in [1.165, 1.54) is 12.8 Å². The lowest BCUT2D eigenvalue weighted by molar-refractivity contribution is -0.120. The number of nitrogens with one attached hydrogen (secondary N) is 2. The van der Waals surface area contributed by atoms with Crippen molar-refractivity contribution < 1.29 is 4.79 Å². The highest BCUT2D eigenvalue weighted by atomic mass is 16.1. The predicted molar refractivity (Wildman–Crippen MR) is 52.1 cm³/mol. The van der Waals surface area contributed by atoms with Crippen molar-refractivity contribution >= 4 is 5.91 Å². The number of carbonyl (C=O) groups is 1. The first-order valence-corrected chi connectivity index (χ1v) is 4.76. The fourth-order valence-corrected chi connectivity index (χ4v) is 1.49. The second kappa shape index (κ2) is 5.60. The van der Waals surface area contributed by atoms with E-state index in [0.29, 0.717) is 12.6 Å². The molecule has 0 aliphatic carbocycles. The Morgan fingerprint density at radius 3 is 3.08 bits per heavy atom. The van der Waals surface area contributed by atoms with Crippen molar-refractivity contribution in [1.82, 2.24) is 10.6 Å². The van der Waals surface area contributed by atoms with Gasteiger partial charge in [0.25, 0.3) is 0 Å². The normalized spacial score (nSPS) is 21.9. The topological polar surface area (TPSA) is 41.1 Å².